The number of nitrogens with zero attached hydrogens (tertiary/aromatic N) is 1. The Bertz CT molecular complexity index is 698. The maximum atomic E-state index is 12.6. The molecule has 0 fully saturated rings. The van der Waals surface area contributed by atoms with E-state index < -0.39 is 11.1 Å². The second-order valence-corrected chi connectivity index (χ2v) is 7.30. The van der Waals surface area contributed by atoms with Crippen LogP contribution in [0.15, 0.2) is 24.3 Å². The van der Waals surface area contributed by atoms with Crippen molar-refractivity contribution >= 4 is 11.9 Å². The van der Waals surface area contributed by atoms with Crippen molar-refractivity contribution in [2.45, 2.75) is 51.6 Å². The summed E-state index contributed by atoms with van der Waals surface area (Å²) in [6.45, 7) is 7.44. The third-order valence-electron chi connectivity index (χ3n) is 5.14. The molecule has 0 radical (unpaired) electrons. The molecular formula is C20H27N3O3. The lowest BCUT2D eigenvalue weighted by molar-refractivity contribution is -0.151. The summed E-state index contributed by atoms with van der Waals surface area (Å²) in [6, 6.07) is 10.0. The van der Waals surface area contributed by atoms with E-state index in [1.165, 1.54) is 0 Å². The fourth-order valence-electron chi connectivity index (χ4n) is 3.11. The van der Waals surface area contributed by atoms with Gasteiger partial charge in [-0.25, -0.2) is 0 Å². The van der Waals surface area contributed by atoms with E-state index >= 15 is 0 Å². The summed E-state index contributed by atoms with van der Waals surface area (Å²) in [5, 5.41) is 15.2. The minimum absolute atomic E-state index is 0.0359. The zero-order valence-electron chi connectivity index (χ0n) is 15.9. The second-order valence-electron chi connectivity index (χ2n) is 7.30. The van der Waals surface area contributed by atoms with Crippen LogP contribution >= 0.6 is 0 Å². The number of fused-ring (bicyclic) bond motifs is 1. The van der Waals surface area contributed by atoms with E-state index in [0.717, 1.165) is 11.1 Å². The van der Waals surface area contributed by atoms with E-state index in [9.17, 15) is 14.9 Å². The predicted molar refractivity (Wildman–Crippen MR) is 98.2 cm³/mol. The SMILES string of the molecule is CCOC(=O)C1(NCC(=O)NC(C)(C#N)C(C)C)Cc2ccccc2C1. The summed E-state index contributed by atoms with van der Waals surface area (Å²) in [5.74, 6) is -0.704. The highest BCUT2D eigenvalue weighted by atomic mass is 16.5. The molecule has 140 valence electrons. The van der Waals surface area contributed by atoms with Gasteiger partial charge in [0, 0.05) is 12.8 Å². The quantitative estimate of drug-likeness (QED) is 0.725. The molecule has 0 spiro atoms. The molecule has 1 aliphatic rings. The van der Waals surface area contributed by atoms with Gasteiger partial charge in [0.05, 0.1) is 19.2 Å². The van der Waals surface area contributed by atoms with Crippen molar-refractivity contribution in [2.24, 2.45) is 5.92 Å². The maximum absolute atomic E-state index is 12.6. The maximum Gasteiger partial charge on any atom is 0.327 e. The molecule has 0 heterocycles. The van der Waals surface area contributed by atoms with Crippen LogP contribution in [0.2, 0.25) is 0 Å². The van der Waals surface area contributed by atoms with Crippen molar-refractivity contribution in [3.8, 4) is 6.07 Å². The van der Waals surface area contributed by atoms with Crippen LogP contribution in [0.25, 0.3) is 0 Å². The van der Waals surface area contributed by atoms with Crippen LogP contribution in [0.3, 0.4) is 0 Å². The van der Waals surface area contributed by atoms with E-state index in [2.05, 4.69) is 16.7 Å². The van der Waals surface area contributed by atoms with Crippen molar-refractivity contribution < 1.29 is 14.3 Å². The molecule has 1 aromatic carbocycles. The van der Waals surface area contributed by atoms with E-state index in [1.807, 2.05) is 38.1 Å². The number of amides is 1. The lowest BCUT2D eigenvalue weighted by atomic mass is 9.90. The number of nitriles is 1. The Hall–Kier alpha value is -2.39. The number of carbonyl (C=O) groups excluding carboxylic acids is 2. The summed E-state index contributed by atoms with van der Waals surface area (Å²) in [4.78, 5) is 25.0. The molecule has 0 aromatic heterocycles. The topological polar surface area (TPSA) is 91.2 Å². The van der Waals surface area contributed by atoms with Gasteiger partial charge in [-0.2, -0.15) is 5.26 Å². The number of nitrogens with one attached hydrogen (secondary N) is 2. The molecule has 6 heteroatoms. The van der Waals surface area contributed by atoms with Gasteiger partial charge < -0.3 is 10.1 Å². The van der Waals surface area contributed by atoms with Crippen molar-refractivity contribution in [3.63, 3.8) is 0 Å². The van der Waals surface area contributed by atoms with Gasteiger partial charge in [0.15, 0.2) is 0 Å². The first-order valence-electron chi connectivity index (χ1n) is 8.97. The van der Waals surface area contributed by atoms with Gasteiger partial charge in [-0.15, -0.1) is 0 Å². The number of ether oxygens (including phenoxy) is 1. The van der Waals surface area contributed by atoms with E-state index in [-0.39, 0.29) is 30.9 Å². The van der Waals surface area contributed by atoms with Crippen molar-refractivity contribution in [1.29, 1.82) is 5.26 Å². The molecule has 1 aromatic rings. The number of rotatable bonds is 7. The lowest BCUT2D eigenvalue weighted by Gasteiger charge is -2.30. The molecule has 0 saturated carbocycles. The first-order chi connectivity index (χ1) is 12.3. The molecule has 1 amide bonds. The first-order valence-corrected chi connectivity index (χ1v) is 8.97. The number of benzene rings is 1. The Labute approximate surface area is 154 Å². The van der Waals surface area contributed by atoms with Crippen LogP contribution in [-0.2, 0) is 27.2 Å². The smallest absolute Gasteiger partial charge is 0.327 e. The third kappa shape index (κ3) is 4.05. The third-order valence-corrected chi connectivity index (χ3v) is 5.14. The van der Waals surface area contributed by atoms with Crippen LogP contribution in [0, 0.1) is 17.2 Å². The Morgan fingerprint density at radius 1 is 1.31 bits per heavy atom. The molecule has 0 saturated heterocycles. The molecule has 2 rings (SSSR count). The second kappa shape index (κ2) is 7.88. The summed E-state index contributed by atoms with van der Waals surface area (Å²) in [6.07, 6.45) is 0.962. The number of hydrogen-bond acceptors (Lipinski definition) is 5. The standard InChI is InChI=1S/C20H27N3O3/c1-5-26-18(25)20(10-15-8-6-7-9-16(15)11-20)22-12-17(24)23-19(4,13-21)14(2)3/h6-9,14,22H,5,10-12H2,1-4H3,(H,23,24). The largest absolute Gasteiger partial charge is 0.465 e. The van der Waals surface area contributed by atoms with E-state index in [4.69, 9.17) is 4.74 Å². The van der Waals surface area contributed by atoms with Gasteiger partial charge in [-0.05, 0) is 30.9 Å². The van der Waals surface area contributed by atoms with E-state index in [1.54, 1.807) is 13.8 Å². The molecule has 0 bridgehead atoms. The number of carbonyl (C=O) groups is 2. The van der Waals surface area contributed by atoms with Crippen LogP contribution in [0.1, 0.15) is 38.8 Å². The Kier molecular flexibility index (Phi) is 6.04. The average Bonchev–Trinajstić information content (AvgIpc) is 3.00. The summed E-state index contributed by atoms with van der Waals surface area (Å²) in [5.41, 5.74) is 0.266. The van der Waals surface area contributed by atoms with Gasteiger partial charge in [0.25, 0.3) is 0 Å². The van der Waals surface area contributed by atoms with Gasteiger partial charge in [0.1, 0.15) is 11.1 Å². The molecule has 1 unspecified atom stereocenters. The molecule has 26 heavy (non-hydrogen) atoms. The molecule has 0 aliphatic heterocycles. The Morgan fingerprint density at radius 3 is 2.35 bits per heavy atom. The highest BCUT2D eigenvalue weighted by Gasteiger charge is 2.45. The van der Waals surface area contributed by atoms with Gasteiger partial charge in [0.2, 0.25) is 5.91 Å². The van der Waals surface area contributed by atoms with E-state index in [0.29, 0.717) is 12.8 Å². The normalized spacial score (nSPS) is 17.1. The van der Waals surface area contributed by atoms with Crippen molar-refractivity contribution in [1.82, 2.24) is 10.6 Å². The minimum Gasteiger partial charge on any atom is -0.465 e. The molecule has 1 atom stereocenters. The molecule has 1 aliphatic carbocycles. The van der Waals surface area contributed by atoms with Crippen LogP contribution < -0.4 is 10.6 Å². The lowest BCUT2D eigenvalue weighted by Crippen LogP contribution is -2.58. The fourth-order valence-corrected chi connectivity index (χ4v) is 3.11. The highest BCUT2D eigenvalue weighted by Crippen LogP contribution is 2.31. The van der Waals surface area contributed by atoms with Crippen molar-refractivity contribution in [2.75, 3.05) is 13.2 Å². The molecule has 2 N–H and O–H groups in total. The number of hydrogen-bond donors (Lipinski definition) is 2. The van der Waals surface area contributed by atoms with Gasteiger partial charge in [-0.1, -0.05) is 38.1 Å². The van der Waals surface area contributed by atoms with Gasteiger partial charge in [-0.3, -0.25) is 14.9 Å². The monoisotopic (exact) mass is 357 g/mol. The summed E-state index contributed by atoms with van der Waals surface area (Å²) in [7, 11) is 0. The fraction of sp³-hybridized carbons (Fsp3) is 0.550. The summed E-state index contributed by atoms with van der Waals surface area (Å²) < 4.78 is 5.27. The van der Waals surface area contributed by atoms with Crippen LogP contribution in [0.5, 0.6) is 0 Å². The van der Waals surface area contributed by atoms with Gasteiger partial charge >= 0.3 is 5.97 Å². The summed E-state index contributed by atoms with van der Waals surface area (Å²) >= 11 is 0. The van der Waals surface area contributed by atoms with Crippen LogP contribution in [-0.4, -0.2) is 36.1 Å². The minimum atomic E-state index is -0.950. The zero-order valence-corrected chi connectivity index (χ0v) is 15.9. The number of esters is 1. The predicted octanol–water partition coefficient (Wildman–Crippen LogP) is 1.73. The Morgan fingerprint density at radius 2 is 1.88 bits per heavy atom. The van der Waals surface area contributed by atoms with Crippen LogP contribution in [0.4, 0.5) is 0 Å². The highest BCUT2D eigenvalue weighted by molar-refractivity contribution is 5.85. The molecule has 6 nitrogen and oxygen atoms in total. The average molecular weight is 357 g/mol. The van der Waals surface area contributed by atoms with Crippen molar-refractivity contribution in [3.05, 3.63) is 35.4 Å². The zero-order chi connectivity index (χ0) is 19.4. The molecular weight excluding hydrogens is 330 g/mol. The first kappa shape index (κ1) is 19.9. The Balaban J connectivity index is 2.11.